The number of benzene rings is 1. The fraction of sp³-hybridized carbons (Fsp3) is 0.300. The Morgan fingerprint density at radius 3 is 3.00 bits per heavy atom. The number of nitrogen functional groups attached to an aromatic ring is 1. The molecule has 4 nitrogen and oxygen atoms in total. The highest BCUT2D eigenvalue weighted by atomic mass is 16.3. The second-order valence-corrected chi connectivity index (χ2v) is 3.37. The number of carbonyl (C=O) groups excluding carboxylic acids is 1. The molecule has 0 aromatic heterocycles. The van der Waals surface area contributed by atoms with Gasteiger partial charge in [-0.25, -0.2) is 0 Å². The van der Waals surface area contributed by atoms with E-state index in [9.17, 15) is 4.79 Å². The highest BCUT2D eigenvalue weighted by Crippen LogP contribution is 2.24. The lowest BCUT2D eigenvalue weighted by molar-refractivity contribution is 0.0745. The fourth-order valence-corrected chi connectivity index (χ4v) is 1.68. The molecule has 0 unspecified atom stereocenters. The molecule has 2 rings (SSSR count). The van der Waals surface area contributed by atoms with Gasteiger partial charge in [-0.15, -0.1) is 0 Å². The van der Waals surface area contributed by atoms with Gasteiger partial charge in [0.15, 0.2) is 0 Å². The molecule has 1 aliphatic rings. The van der Waals surface area contributed by atoms with Crippen molar-refractivity contribution in [1.82, 2.24) is 4.90 Å². The van der Waals surface area contributed by atoms with Gasteiger partial charge in [0.1, 0.15) is 0 Å². The molecule has 14 heavy (non-hydrogen) atoms. The zero-order valence-electron chi connectivity index (χ0n) is 7.73. The van der Waals surface area contributed by atoms with Crippen molar-refractivity contribution in [2.45, 2.75) is 6.54 Å². The number of anilines is 1. The first-order valence-electron chi connectivity index (χ1n) is 4.51. The highest BCUT2D eigenvalue weighted by molar-refractivity contribution is 5.99. The summed E-state index contributed by atoms with van der Waals surface area (Å²) < 4.78 is 0. The third-order valence-electron chi connectivity index (χ3n) is 2.38. The minimum absolute atomic E-state index is 0.00475. The summed E-state index contributed by atoms with van der Waals surface area (Å²) in [6.07, 6.45) is 0. The van der Waals surface area contributed by atoms with Gasteiger partial charge in [-0.1, -0.05) is 6.07 Å². The average Bonchev–Trinajstić information content (AvgIpc) is 2.46. The quantitative estimate of drug-likeness (QED) is 0.658. The van der Waals surface area contributed by atoms with Crippen LogP contribution in [0.4, 0.5) is 5.69 Å². The van der Waals surface area contributed by atoms with E-state index in [-0.39, 0.29) is 12.5 Å². The maximum atomic E-state index is 11.7. The summed E-state index contributed by atoms with van der Waals surface area (Å²) in [5.74, 6) is -0.0404. The van der Waals surface area contributed by atoms with Crippen molar-refractivity contribution in [2.24, 2.45) is 0 Å². The zero-order chi connectivity index (χ0) is 10.1. The molecule has 0 spiro atoms. The Hall–Kier alpha value is -1.55. The molecule has 1 heterocycles. The van der Waals surface area contributed by atoms with Crippen molar-refractivity contribution >= 4 is 11.6 Å². The van der Waals surface area contributed by atoms with Crippen molar-refractivity contribution in [1.29, 1.82) is 0 Å². The van der Waals surface area contributed by atoms with Crippen LogP contribution in [0.5, 0.6) is 0 Å². The summed E-state index contributed by atoms with van der Waals surface area (Å²) in [4.78, 5) is 13.3. The van der Waals surface area contributed by atoms with Gasteiger partial charge >= 0.3 is 0 Å². The molecule has 1 aromatic carbocycles. The summed E-state index contributed by atoms with van der Waals surface area (Å²) in [7, 11) is 0. The number of rotatable bonds is 2. The first-order chi connectivity index (χ1) is 6.72. The standard InChI is InChI=1S/C10H12N2O2/c11-8-2-1-7-6-12(3-4-13)10(14)9(7)5-8/h1-2,5,13H,3-4,6,11H2. The minimum atomic E-state index is -0.0404. The summed E-state index contributed by atoms with van der Waals surface area (Å²) in [5, 5.41) is 8.76. The molecular formula is C10H12N2O2. The lowest BCUT2D eigenvalue weighted by Gasteiger charge is -2.12. The number of fused-ring (bicyclic) bond motifs is 1. The van der Waals surface area contributed by atoms with Crippen LogP contribution in [0, 0.1) is 0 Å². The molecule has 0 fully saturated rings. The molecular weight excluding hydrogens is 180 g/mol. The second-order valence-electron chi connectivity index (χ2n) is 3.37. The van der Waals surface area contributed by atoms with Gasteiger partial charge in [0.05, 0.1) is 6.61 Å². The van der Waals surface area contributed by atoms with Crippen LogP contribution in [0.25, 0.3) is 0 Å². The molecule has 3 N–H and O–H groups in total. The Kier molecular flexibility index (Phi) is 2.13. The Bertz CT molecular complexity index is 376. The van der Waals surface area contributed by atoms with E-state index in [2.05, 4.69) is 0 Å². The number of nitrogens with two attached hydrogens (primary N) is 1. The minimum Gasteiger partial charge on any atom is -0.399 e. The Labute approximate surface area is 81.9 Å². The van der Waals surface area contributed by atoms with Gasteiger partial charge < -0.3 is 15.7 Å². The van der Waals surface area contributed by atoms with E-state index in [1.807, 2.05) is 6.07 Å². The molecule has 1 aromatic rings. The third kappa shape index (κ3) is 1.33. The van der Waals surface area contributed by atoms with Crippen LogP contribution < -0.4 is 5.73 Å². The number of hydrogen-bond acceptors (Lipinski definition) is 3. The summed E-state index contributed by atoms with van der Waals surface area (Å²) in [6, 6.07) is 5.34. The lowest BCUT2D eigenvalue weighted by atomic mass is 10.1. The molecule has 0 atom stereocenters. The maximum absolute atomic E-state index is 11.7. The number of aliphatic hydroxyl groups is 1. The Morgan fingerprint density at radius 2 is 2.29 bits per heavy atom. The molecule has 4 heteroatoms. The van der Waals surface area contributed by atoms with Crippen molar-refractivity contribution in [2.75, 3.05) is 18.9 Å². The first kappa shape index (κ1) is 9.02. The van der Waals surface area contributed by atoms with E-state index < -0.39 is 0 Å². The lowest BCUT2D eigenvalue weighted by Crippen LogP contribution is -2.26. The van der Waals surface area contributed by atoms with Crippen LogP contribution in [-0.2, 0) is 6.54 Å². The smallest absolute Gasteiger partial charge is 0.254 e. The van der Waals surface area contributed by atoms with Gasteiger partial charge in [-0.2, -0.15) is 0 Å². The van der Waals surface area contributed by atoms with Crippen molar-refractivity contribution in [3.8, 4) is 0 Å². The number of nitrogens with zero attached hydrogens (tertiary/aromatic N) is 1. The van der Waals surface area contributed by atoms with E-state index >= 15 is 0 Å². The second kappa shape index (κ2) is 3.31. The van der Waals surface area contributed by atoms with E-state index in [0.29, 0.717) is 24.3 Å². The molecule has 0 aliphatic carbocycles. The monoisotopic (exact) mass is 192 g/mol. The molecule has 1 aliphatic heterocycles. The predicted octanol–water partition coefficient (Wildman–Crippen LogP) is 0.217. The molecule has 0 saturated carbocycles. The van der Waals surface area contributed by atoms with Gasteiger partial charge in [0.2, 0.25) is 0 Å². The van der Waals surface area contributed by atoms with Crippen LogP contribution in [0.3, 0.4) is 0 Å². The van der Waals surface area contributed by atoms with Crippen molar-refractivity contribution in [3.63, 3.8) is 0 Å². The number of aliphatic hydroxyl groups excluding tert-OH is 1. The van der Waals surface area contributed by atoms with Crippen molar-refractivity contribution in [3.05, 3.63) is 29.3 Å². The zero-order valence-corrected chi connectivity index (χ0v) is 7.73. The van der Waals surface area contributed by atoms with Crippen LogP contribution in [0.15, 0.2) is 18.2 Å². The maximum Gasteiger partial charge on any atom is 0.254 e. The van der Waals surface area contributed by atoms with Crippen LogP contribution in [0.1, 0.15) is 15.9 Å². The topological polar surface area (TPSA) is 66.6 Å². The van der Waals surface area contributed by atoms with Gasteiger partial charge in [-0.05, 0) is 17.7 Å². The van der Waals surface area contributed by atoms with Gasteiger partial charge in [0, 0.05) is 24.3 Å². The normalized spacial score (nSPS) is 14.6. The molecule has 74 valence electrons. The molecule has 0 saturated heterocycles. The van der Waals surface area contributed by atoms with Crippen LogP contribution in [0.2, 0.25) is 0 Å². The van der Waals surface area contributed by atoms with E-state index in [0.717, 1.165) is 5.56 Å². The number of amides is 1. The fourth-order valence-electron chi connectivity index (χ4n) is 1.68. The molecule has 0 radical (unpaired) electrons. The Morgan fingerprint density at radius 1 is 1.50 bits per heavy atom. The Balaban J connectivity index is 2.31. The molecule has 1 amide bonds. The number of β-amino-alcohol motifs (C(OH)–C–C–N with tert-alkyl or cyclic N) is 1. The van der Waals surface area contributed by atoms with Crippen LogP contribution >= 0.6 is 0 Å². The summed E-state index contributed by atoms with van der Waals surface area (Å²) in [6.45, 7) is 0.956. The van der Waals surface area contributed by atoms with E-state index in [1.165, 1.54) is 0 Å². The largest absolute Gasteiger partial charge is 0.399 e. The summed E-state index contributed by atoms with van der Waals surface area (Å²) >= 11 is 0. The summed E-state index contributed by atoms with van der Waals surface area (Å²) in [5.41, 5.74) is 7.84. The SMILES string of the molecule is Nc1ccc2c(c1)C(=O)N(CCO)C2. The highest BCUT2D eigenvalue weighted by Gasteiger charge is 2.26. The molecule has 0 bridgehead atoms. The first-order valence-corrected chi connectivity index (χ1v) is 4.51. The number of carbonyl (C=O) groups is 1. The van der Waals surface area contributed by atoms with Gasteiger partial charge in [-0.3, -0.25) is 4.79 Å². The average molecular weight is 192 g/mol. The third-order valence-corrected chi connectivity index (χ3v) is 2.38. The van der Waals surface area contributed by atoms with E-state index in [4.69, 9.17) is 10.8 Å². The van der Waals surface area contributed by atoms with Crippen molar-refractivity contribution < 1.29 is 9.90 Å². The van der Waals surface area contributed by atoms with Gasteiger partial charge in [0.25, 0.3) is 5.91 Å². The van der Waals surface area contributed by atoms with E-state index in [1.54, 1.807) is 17.0 Å². The number of hydrogen-bond donors (Lipinski definition) is 2. The predicted molar refractivity (Wildman–Crippen MR) is 52.7 cm³/mol. The van der Waals surface area contributed by atoms with Crippen LogP contribution in [-0.4, -0.2) is 29.1 Å².